The summed E-state index contributed by atoms with van der Waals surface area (Å²) in [5.74, 6) is 0.824. The summed E-state index contributed by atoms with van der Waals surface area (Å²) in [6.07, 6.45) is 1.60. The smallest absolute Gasteiger partial charge is 0.262 e. The zero-order valence-electron chi connectivity index (χ0n) is 16.9. The Bertz CT molecular complexity index is 1130. The Balaban J connectivity index is 1.99. The van der Waals surface area contributed by atoms with E-state index in [2.05, 4.69) is 4.72 Å². The second-order valence-corrected chi connectivity index (χ2v) is 10.2. The maximum atomic E-state index is 12.9. The molecule has 3 rings (SSSR count). The second-order valence-electron chi connectivity index (χ2n) is 6.60. The molecule has 0 aliphatic carbocycles. The number of hydrogen-bond donors (Lipinski definition) is 1. The Hall–Kier alpha value is -2.50. The fourth-order valence-corrected chi connectivity index (χ4v) is 5.81. The highest BCUT2D eigenvalue weighted by atomic mass is 32.2. The van der Waals surface area contributed by atoms with Crippen molar-refractivity contribution in [2.24, 2.45) is 0 Å². The summed E-state index contributed by atoms with van der Waals surface area (Å²) in [4.78, 5) is -0.0785. The van der Waals surface area contributed by atoms with E-state index in [0.29, 0.717) is 18.8 Å². The van der Waals surface area contributed by atoms with Gasteiger partial charge in [-0.15, -0.1) is 0 Å². The van der Waals surface area contributed by atoms with Gasteiger partial charge in [0, 0.05) is 19.2 Å². The third-order valence-corrected chi connectivity index (χ3v) is 8.04. The van der Waals surface area contributed by atoms with Gasteiger partial charge in [0.2, 0.25) is 10.0 Å². The van der Waals surface area contributed by atoms with E-state index in [1.165, 1.54) is 62.0 Å². The molecule has 0 saturated carbocycles. The monoisotopic (exact) mass is 456 g/mol. The molecule has 11 heteroatoms. The fraction of sp³-hybridized carbons (Fsp3) is 0.368. The van der Waals surface area contributed by atoms with Gasteiger partial charge in [-0.2, -0.15) is 4.31 Å². The number of benzene rings is 2. The minimum atomic E-state index is -4.06. The van der Waals surface area contributed by atoms with Crippen molar-refractivity contribution in [1.82, 2.24) is 4.31 Å². The number of sulfonamides is 2. The molecule has 2 aromatic carbocycles. The van der Waals surface area contributed by atoms with E-state index in [1.54, 1.807) is 0 Å². The predicted octanol–water partition coefficient (Wildman–Crippen LogP) is 2.30. The van der Waals surface area contributed by atoms with Crippen molar-refractivity contribution in [2.45, 2.75) is 22.6 Å². The van der Waals surface area contributed by atoms with Crippen LogP contribution in [0.2, 0.25) is 0 Å². The Morgan fingerprint density at radius 1 is 0.767 bits per heavy atom. The van der Waals surface area contributed by atoms with Crippen molar-refractivity contribution in [3.63, 3.8) is 0 Å². The van der Waals surface area contributed by atoms with E-state index in [0.717, 1.165) is 12.8 Å². The van der Waals surface area contributed by atoms with Gasteiger partial charge in [0.05, 0.1) is 36.8 Å². The topological polar surface area (TPSA) is 111 Å². The molecule has 1 N–H and O–H groups in total. The SMILES string of the molecule is COc1ccc(S(=O)(=O)N2CCCC2)cc1NS(=O)(=O)c1ccc(OC)c(OC)c1. The summed E-state index contributed by atoms with van der Waals surface area (Å²) < 4.78 is 70.9. The summed E-state index contributed by atoms with van der Waals surface area (Å²) >= 11 is 0. The first-order valence-electron chi connectivity index (χ1n) is 9.16. The van der Waals surface area contributed by atoms with Crippen molar-refractivity contribution in [1.29, 1.82) is 0 Å². The first kappa shape index (κ1) is 22.2. The molecular formula is C19H24N2O7S2. The highest BCUT2D eigenvalue weighted by Crippen LogP contribution is 2.34. The Labute approximate surface area is 176 Å². The van der Waals surface area contributed by atoms with Gasteiger partial charge < -0.3 is 14.2 Å². The number of nitrogens with one attached hydrogen (secondary N) is 1. The third kappa shape index (κ3) is 4.32. The lowest BCUT2D eigenvalue weighted by Crippen LogP contribution is -2.28. The summed E-state index contributed by atoms with van der Waals surface area (Å²) in [6, 6.07) is 8.25. The maximum absolute atomic E-state index is 12.9. The summed E-state index contributed by atoms with van der Waals surface area (Å²) in [5, 5.41) is 0. The van der Waals surface area contributed by atoms with E-state index in [9.17, 15) is 16.8 Å². The quantitative estimate of drug-likeness (QED) is 0.649. The van der Waals surface area contributed by atoms with Crippen LogP contribution in [0.15, 0.2) is 46.2 Å². The minimum absolute atomic E-state index is 0.00443. The van der Waals surface area contributed by atoms with E-state index in [4.69, 9.17) is 14.2 Å². The maximum Gasteiger partial charge on any atom is 0.262 e. The van der Waals surface area contributed by atoms with Gasteiger partial charge in [0.1, 0.15) is 5.75 Å². The average Bonchev–Trinajstić information content (AvgIpc) is 3.28. The van der Waals surface area contributed by atoms with Crippen molar-refractivity contribution in [3.8, 4) is 17.2 Å². The lowest BCUT2D eigenvalue weighted by atomic mass is 10.3. The van der Waals surface area contributed by atoms with Crippen LogP contribution in [-0.2, 0) is 20.0 Å². The van der Waals surface area contributed by atoms with Gasteiger partial charge in [-0.3, -0.25) is 4.72 Å². The molecule has 0 unspecified atom stereocenters. The molecule has 2 aromatic rings. The molecule has 1 aliphatic rings. The van der Waals surface area contributed by atoms with Crippen LogP contribution in [0.1, 0.15) is 12.8 Å². The number of hydrogen-bond acceptors (Lipinski definition) is 7. The first-order valence-corrected chi connectivity index (χ1v) is 12.1. The van der Waals surface area contributed by atoms with Crippen molar-refractivity contribution < 1.29 is 31.0 Å². The van der Waals surface area contributed by atoms with Crippen molar-refractivity contribution >= 4 is 25.7 Å². The second kappa shape index (κ2) is 8.70. The molecule has 1 saturated heterocycles. The molecule has 164 valence electrons. The molecule has 0 atom stereocenters. The number of rotatable bonds is 8. The van der Waals surface area contributed by atoms with Gasteiger partial charge in [0.25, 0.3) is 10.0 Å². The molecular weight excluding hydrogens is 432 g/mol. The molecule has 0 radical (unpaired) electrons. The number of ether oxygens (including phenoxy) is 3. The molecule has 0 aromatic heterocycles. The molecule has 0 amide bonds. The van der Waals surface area contributed by atoms with E-state index in [1.807, 2.05) is 0 Å². The highest BCUT2D eigenvalue weighted by molar-refractivity contribution is 7.92. The number of nitrogens with zero attached hydrogens (tertiary/aromatic N) is 1. The number of methoxy groups -OCH3 is 3. The number of anilines is 1. The van der Waals surface area contributed by atoms with Gasteiger partial charge in [-0.05, 0) is 43.2 Å². The summed E-state index contributed by atoms with van der Waals surface area (Å²) in [7, 11) is -3.56. The van der Waals surface area contributed by atoms with Gasteiger partial charge in [-0.1, -0.05) is 0 Å². The highest BCUT2D eigenvalue weighted by Gasteiger charge is 2.28. The van der Waals surface area contributed by atoms with Gasteiger partial charge in [-0.25, -0.2) is 16.8 Å². The minimum Gasteiger partial charge on any atom is -0.495 e. The standard InChI is InChI=1S/C19H24N2O7S2/c1-26-17-8-7-15(30(24,25)21-10-4-5-11-21)12-16(17)20-29(22,23)14-6-9-18(27-2)19(13-14)28-3/h6-9,12-13,20H,4-5,10-11H2,1-3H3. The van der Waals surface area contributed by atoms with Gasteiger partial charge in [0.15, 0.2) is 11.5 Å². The van der Waals surface area contributed by atoms with Crippen LogP contribution in [0.4, 0.5) is 5.69 Å². The van der Waals surface area contributed by atoms with Crippen LogP contribution in [0.3, 0.4) is 0 Å². The lowest BCUT2D eigenvalue weighted by molar-refractivity contribution is 0.354. The predicted molar refractivity (Wildman–Crippen MR) is 111 cm³/mol. The molecule has 1 heterocycles. The molecule has 1 aliphatic heterocycles. The van der Waals surface area contributed by atoms with Crippen molar-refractivity contribution in [2.75, 3.05) is 39.1 Å². The van der Waals surface area contributed by atoms with Crippen molar-refractivity contribution in [3.05, 3.63) is 36.4 Å². The van der Waals surface area contributed by atoms with E-state index < -0.39 is 20.0 Å². The van der Waals surface area contributed by atoms with E-state index >= 15 is 0 Å². The normalized spacial score (nSPS) is 15.0. The molecule has 1 fully saturated rings. The zero-order chi connectivity index (χ0) is 21.9. The molecule has 0 spiro atoms. The first-order chi connectivity index (χ1) is 14.2. The third-order valence-electron chi connectivity index (χ3n) is 4.78. The Kier molecular flexibility index (Phi) is 6.44. The summed E-state index contributed by atoms with van der Waals surface area (Å²) in [6.45, 7) is 0.891. The van der Waals surface area contributed by atoms with Crippen LogP contribution >= 0.6 is 0 Å². The molecule has 0 bridgehead atoms. The zero-order valence-corrected chi connectivity index (χ0v) is 18.5. The van der Waals surface area contributed by atoms with Crippen LogP contribution in [0.5, 0.6) is 17.2 Å². The van der Waals surface area contributed by atoms with Crippen LogP contribution < -0.4 is 18.9 Å². The van der Waals surface area contributed by atoms with Crippen LogP contribution in [0.25, 0.3) is 0 Å². The largest absolute Gasteiger partial charge is 0.495 e. The average molecular weight is 457 g/mol. The van der Waals surface area contributed by atoms with Gasteiger partial charge >= 0.3 is 0 Å². The Morgan fingerprint density at radius 3 is 1.93 bits per heavy atom. The van der Waals surface area contributed by atoms with Crippen LogP contribution in [-0.4, -0.2) is 55.6 Å². The lowest BCUT2D eigenvalue weighted by Gasteiger charge is -2.18. The molecule has 30 heavy (non-hydrogen) atoms. The summed E-state index contributed by atoms with van der Waals surface area (Å²) in [5.41, 5.74) is 0.0209. The fourth-order valence-electron chi connectivity index (χ4n) is 3.19. The molecule has 9 nitrogen and oxygen atoms in total. The Morgan fingerprint density at radius 2 is 1.33 bits per heavy atom. The van der Waals surface area contributed by atoms with Crippen LogP contribution in [0, 0.1) is 0 Å². The van der Waals surface area contributed by atoms with E-state index in [-0.39, 0.29) is 27.0 Å².